The largest absolute Gasteiger partial charge is 0.462 e. The lowest BCUT2D eigenvalue weighted by Gasteiger charge is -2.18. The third kappa shape index (κ3) is 44.1. The van der Waals surface area contributed by atoms with E-state index in [1.54, 1.807) is 0 Å². The van der Waals surface area contributed by atoms with Gasteiger partial charge in [0.15, 0.2) is 6.10 Å². The van der Waals surface area contributed by atoms with Crippen LogP contribution in [0.4, 0.5) is 0 Å². The van der Waals surface area contributed by atoms with E-state index in [9.17, 15) is 9.59 Å². The van der Waals surface area contributed by atoms with E-state index in [4.69, 9.17) is 14.2 Å². The molecule has 0 spiro atoms. The average Bonchev–Trinajstić information content (AvgIpc) is 3.20. The molecular formula is C51H88O5. The first kappa shape index (κ1) is 53.3. The molecule has 0 amide bonds. The van der Waals surface area contributed by atoms with E-state index in [0.717, 1.165) is 70.6 Å². The molecule has 0 rings (SSSR count). The van der Waals surface area contributed by atoms with Crippen molar-refractivity contribution in [2.75, 3.05) is 19.8 Å². The van der Waals surface area contributed by atoms with Crippen LogP contribution in [0.15, 0.2) is 72.9 Å². The van der Waals surface area contributed by atoms with Crippen LogP contribution in [-0.2, 0) is 23.8 Å². The summed E-state index contributed by atoms with van der Waals surface area (Å²) in [4.78, 5) is 25.0. The Kier molecular flexibility index (Phi) is 44.5. The van der Waals surface area contributed by atoms with Crippen LogP contribution in [0.5, 0.6) is 0 Å². The van der Waals surface area contributed by atoms with Gasteiger partial charge in [0, 0.05) is 12.8 Å². The molecule has 322 valence electrons. The maximum atomic E-state index is 12.5. The van der Waals surface area contributed by atoms with Gasteiger partial charge in [0.05, 0.1) is 13.2 Å². The predicted octanol–water partition coefficient (Wildman–Crippen LogP) is 15.6. The molecule has 5 nitrogen and oxygen atoms in total. The second kappa shape index (κ2) is 46.7. The van der Waals surface area contributed by atoms with Crippen molar-refractivity contribution in [1.29, 1.82) is 0 Å². The van der Waals surface area contributed by atoms with Gasteiger partial charge in [-0.3, -0.25) is 9.59 Å². The summed E-state index contributed by atoms with van der Waals surface area (Å²) < 4.78 is 17.1. The van der Waals surface area contributed by atoms with E-state index in [2.05, 4.69) is 93.7 Å². The Morgan fingerprint density at radius 3 is 1.29 bits per heavy atom. The molecule has 0 radical (unpaired) electrons. The summed E-state index contributed by atoms with van der Waals surface area (Å²) in [5, 5.41) is 0. The molecule has 0 aromatic rings. The van der Waals surface area contributed by atoms with Crippen molar-refractivity contribution >= 4 is 11.9 Å². The highest BCUT2D eigenvalue weighted by molar-refractivity contribution is 5.70. The Morgan fingerprint density at radius 2 is 0.804 bits per heavy atom. The lowest BCUT2D eigenvalue weighted by atomic mass is 10.1. The van der Waals surface area contributed by atoms with Crippen molar-refractivity contribution in [3.63, 3.8) is 0 Å². The molecule has 0 saturated heterocycles. The zero-order valence-electron chi connectivity index (χ0n) is 36.9. The van der Waals surface area contributed by atoms with E-state index < -0.39 is 6.10 Å². The molecule has 0 aromatic heterocycles. The quantitative estimate of drug-likeness (QED) is 0.0351. The van der Waals surface area contributed by atoms with Gasteiger partial charge < -0.3 is 14.2 Å². The van der Waals surface area contributed by atoms with Gasteiger partial charge in [-0.15, -0.1) is 0 Å². The van der Waals surface area contributed by atoms with Crippen molar-refractivity contribution in [3.05, 3.63) is 72.9 Å². The van der Waals surface area contributed by atoms with Crippen LogP contribution in [0.3, 0.4) is 0 Å². The summed E-state index contributed by atoms with van der Waals surface area (Å²) in [6.07, 6.45) is 59.6. The lowest BCUT2D eigenvalue weighted by Crippen LogP contribution is -2.30. The molecule has 0 heterocycles. The Morgan fingerprint density at radius 1 is 0.411 bits per heavy atom. The van der Waals surface area contributed by atoms with E-state index >= 15 is 0 Å². The number of carbonyl (C=O) groups excluding carboxylic acids is 2. The second-order valence-corrected chi connectivity index (χ2v) is 15.3. The molecular weight excluding hydrogens is 693 g/mol. The maximum Gasteiger partial charge on any atom is 0.306 e. The Hall–Kier alpha value is -2.66. The van der Waals surface area contributed by atoms with Crippen LogP contribution in [0.2, 0.25) is 0 Å². The van der Waals surface area contributed by atoms with Gasteiger partial charge in [-0.05, 0) is 77.0 Å². The smallest absolute Gasteiger partial charge is 0.306 e. The van der Waals surface area contributed by atoms with Crippen molar-refractivity contribution in [3.8, 4) is 0 Å². The summed E-state index contributed by atoms with van der Waals surface area (Å²) in [6.45, 7) is 7.42. The molecule has 0 N–H and O–H groups in total. The van der Waals surface area contributed by atoms with E-state index in [1.807, 2.05) is 0 Å². The molecule has 0 aliphatic heterocycles. The first-order chi connectivity index (χ1) is 27.6. The minimum atomic E-state index is -0.573. The fraction of sp³-hybridized carbons (Fsp3) is 0.725. The number of hydrogen-bond donors (Lipinski definition) is 0. The molecule has 0 aliphatic carbocycles. The van der Waals surface area contributed by atoms with Crippen LogP contribution < -0.4 is 0 Å². The van der Waals surface area contributed by atoms with Crippen molar-refractivity contribution in [2.45, 2.75) is 219 Å². The number of esters is 2. The summed E-state index contributed by atoms with van der Waals surface area (Å²) >= 11 is 0. The Balaban J connectivity index is 4.13. The number of carbonyl (C=O) groups is 2. The van der Waals surface area contributed by atoms with Gasteiger partial charge in [-0.2, -0.15) is 0 Å². The molecule has 56 heavy (non-hydrogen) atoms. The fourth-order valence-electron chi connectivity index (χ4n) is 6.27. The maximum absolute atomic E-state index is 12.5. The molecule has 5 heteroatoms. The second-order valence-electron chi connectivity index (χ2n) is 15.3. The van der Waals surface area contributed by atoms with Crippen LogP contribution in [-0.4, -0.2) is 37.9 Å². The highest BCUT2D eigenvalue weighted by atomic mass is 16.6. The molecule has 0 bridgehead atoms. The Bertz CT molecular complexity index is 1020. The van der Waals surface area contributed by atoms with Gasteiger partial charge in [0.2, 0.25) is 0 Å². The summed E-state index contributed by atoms with van der Waals surface area (Å²) in [5.74, 6) is -0.454. The SMILES string of the molecule is CC/C=C\C/C=C\C/C=C\C/C=C\C/C=C\CCOCC(COC(=O)CCCCCCCCCCC/C=C\CCCCCCCC)OC(=O)CCCCCCC. The van der Waals surface area contributed by atoms with Crippen LogP contribution >= 0.6 is 0 Å². The minimum Gasteiger partial charge on any atom is -0.462 e. The third-order valence-corrected chi connectivity index (χ3v) is 9.75. The van der Waals surface area contributed by atoms with Gasteiger partial charge >= 0.3 is 11.9 Å². The van der Waals surface area contributed by atoms with Gasteiger partial charge in [0.1, 0.15) is 6.61 Å². The standard InChI is InChI=1S/C51H88O5/c1-4-7-10-13-15-17-19-21-23-25-26-27-28-30-32-34-36-39-41-44-50(52)55-48-49(56-51(53)45-42-38-12-9-6-3)47-54-46-43-40-37-35-33-31-29-24-22-20-18-16-14-11-8-5-2/h8,11,16,18,21-24,31,33,37,40,49H,4-7,9-10,12-15,17,19-20,25-30,32,34-36,38-39,41-48H2,1-3H3/b11-8-,18-16-,23-21-,24-22-,33-31-,40-37-. The number of unbranched alkanes of at least 4 members (excludes halogenated alkanes) is 19. The monoisotopic (exact) mass is 781 g/mol. The fourth-order valence-corrected chi connectivity index (χ4v) is 6.27. The molecule has 1 atom stereocenters. The third-order valence-electron chi connectivity index (χ3n) is 9.75. The summed E-state index contributed by atoms with van der Waals surface area (Å²) in [5.41, 5.74) is 0. The molecule has 0 fully saturated rings. The zero-order valence-corrected chi connectivity index (χ0v) is 36.9. The first-order valence-electron chi connectivity index (χ1n) is 23.5. The van der Waals surface area contributed by atoms with Crippen LogP contribution in [0.1, 0.15) is 213 Å². The normalized spacial score (nSPS) is 12.8. The van der Waals surface area contributed by atoms with E-state index in [1.165, 1.54) is 109 Å². The highest BCUT2D eigenvalue weighted by Crippen LogP contribution is 2.13. The van der Waals surface area contributed by atoms with E-state index in [0.29, 0.717) is 19.4 Å². The van der Waals surface area contributed by atoms with Gasteiger partial charge in [0.25, 0.3) is 0 Å². The average molecular weight is 781 g/mol. The minimum absolute atomic E-state index is 0.0526. The predicted molar refractivity (Wildman–Crippen MR) is 242 cm³/mol. The Labute approximate surface area is 347 Å². The molecule has 0 aromatic carbocycles. The number of ether oxygens (including phenoxy) is 3. The van der Waals surface area contributed by atoms with Crippen molar-refractivity contribution in [2.24, 2.45) is 0 Å². The van der Waals surface area contributed by atoms with Crippen molar-refractivity contribution < 1.29 is 23.8 Å². The summed E-state index contributed by atoms with van der Waals surface area (Å²) in [6, 6.07) is 0. The number of hydrogen-bond acceptors (Lipinski definition) is 5. The highest BCUT2D eigenvalue weighted by Gasteiger charge is 2.17. The van der Waals surface area contributed by atoms with Crippen molar-refractivity contribution in [1.82, 2.24) is 0 Å². The summed E-state index contributed by atoms with van der Waals surface area (Å²) in [7, 11) is 0. The number of rotatable bonds is 42. The van der Waals surface area contributed by atoms with Crippen LogP contribution in [0, 0.1) is 0 Å². The zero-order chi connectivity index (χ0) is 40.7. The molecule has 1 unspecified atom stereocenters. The molecule has 0 saturated carbocycles. The lowest BCUT2D eigenvalue weighted by molar-refractivity contribution is -0.162. The number of allylic oxidation sites excluding steroid dienone is 11. The molecule has 0 aliphatic rings. The van der Waals surface area contributed by atoms with Crippen LogP contribution in [0.25, 0.3) is 0 Å². The van der Waals surface area contributed by atoms with E-state index in [-0.39, 0.29) is 25.2 Å². The van der Waals surface area contributed by atoms with Gasteiger partial charge in [-0.1, -0.05) is 196 Å². The van der Waals surface area contributed by atoms with Gasteiger partial charge in [-0.25, -0.2) is 0 Å². The first-order valence-corrected chi connectivity index (χ1v) is 23.5. The topological polar surface area (TPSA) is 61.8 Å².